The number of fused-ring (bicyclic) bond motifs is 1. The lowest BCUT2D eigenvalue weighted by Gasteiger charge is -2.22. The van der Waals surface area contributed by atoms with Gasteiger partial charge in [0.1, 0.15) is 5.00 Å². The molecule has 2 heterocycles. The van der Waals surface area contributed by atoms with E-state index in [1.165, 1.54) is 17.1 Å². The molecule has 1 aliphatic rings. The summed E-state index contributed by atoms with van der Waals surface area (Å²) in [4.78, 5) is 16.8. The molecule has 5 heteroatoms. The van der Waals surface area contributed by atoms with Crippen molar-refractivity contribution in [3.8, 4) is 0 Å². The van der Waals surface area contributed by atoms with Crippen molar-refractivity contribution in [1.29, 1.82) is 0 Å². The molecule has 1 N–H and O–H groups in total. The van der Waals surface area contributed by atoms with Gasteiger partial charge >= 0.3 is 0 Å². The maximum absolute atomic E-state index is 12.4. The molecule has 98 valence electrons. The zero-order chi connectivity index (χ0) is 13.2. The zero-order valence-electron chi connectivity index (χ0n) is 10.7. The van der Waals surface area contributed by atoms with Gasteiger partial charge in [-0.1, -0.05) is 6.07 Å². The number of hydrogen-bond acceptors (Lipinski definition) is 4. The Morgan fingerprint density at radius 2 is 2.42 bits per heavy atom. The highest BCUT2D eigenvalue weighted by atomic mass is 32.1. The summed E-state index contributed by atoms with van der Waals surface area (Å²) >= 11 is 1.32. The van der Waals surface area contributed by atoms with Crippen LogP contribution in [0.15, 0.2) is 24.4 Å². The summed E-state index contributed by atoms with van der Waals surface area (Å²) in [7, 11) is 0. The van der Waals surface area contributed by atoms with Gasteiger partial charge in [-0.15, -0.1) is 0 Å². The van der Waals surface area contributed by atoms with Crippen LogP contribution in [0.4, 0.5) is 5.00 Å². The Labute approximate surface area is 116 Å². The second-order valence-corrected chi connectivity index (χ2v) is 5.62. The highest BCUT2D eigenvalue weighted by Gasteiger charge is 2.27. The number of pyridine rings is 1. The fourth-order valence-corrected chi connectivity index (χ4v) is 3.16. The molecule has 1 unspecified atom stereocenters. The number of anilines is 1. The third-order valence-corrected chi connectivity index (χ3v) is 4.18. The average molecular weight is 273 g/mol. The van der Waals surface area contributed by atoms with Crippen molar-refractivity contribution in [3.63, 3.8) is 0 Å². The van der Waals surface area contributed by atoms with Gasteiger partial charge in [-0.2, -0.15) is 4.37 Å². The molecule has 0 aliphatic heterocycles. The number of hydrogen-bond donors (Lipinski definition) is 1. The van der Waals surface area contributed by atoms with Gasteiger partial charge in [-0.3, -0.25) is 9.78 Å². The smallest absolute Gasteiger partial charge is 0.234 e. The summed E-state index contributed by atoms with van der Waals surface area (Å²) in [5.41, 5.74) is 3.07. The molecule has 2 aromatic rings. The average Bonchev–Trinajstić information content (AvgIpc) is 2.83. The molecule has 0 saturated carbocycles. The minimum atomic E-state index is -0.132. The first kappa shape index (κ1) is 12.3. The van der Waals surface area contributed by atoms with Crippen molar-refractivity contribution in [1.82, 2.24) is 9.36 Å². The van der Waals surface area contributed by atoms with E-state index in [1.807, 2.05) is 19.1 Å². The molecule has 0 aromatic carbocycles. The number of nitrogens with one attached hydrogen (secondary N) is 1. The van der Waals surface area contributed by atoms with Crippen molar-refractivity contribution in [2.75, 3.05) is 5.32 Å². The zero-order valence-corrected chi connectivity index (χ0v) is 11.5. The highest BCUT2D eigenvalue weighted by molar-refractivity contribution is 7.10. The Kier molecular flexibility index (Phi) is 3.29. The fourth-order valence-electron chi connectivity index (χ4n) is 2.50. The van der Waals surface area contributed by atoms with E-state index in [4.69, 9.17) is 0 Å². The van der Waals surface area contributed by atoms with Crippen LogP contribution in [0, 0.1) is 6.92 Å². The van der Waals surface area contributed by atoms with Gasteiger partial charge in [-0.05, 0) is 55.4 Å². The first-order valence-corrected chi connectivity index (χ1v) is 7.19. The van der Waals surface area contributed by atoms with Crippen molar-refractivity contribution >= 4 is 22.4 Å². The highest BCUT2D eigenvalue weighted by Crippen LogP contribution is 2.31. The van der Waals surface area contributed by atoms with E-state index in [0.29, 0.717) is 0 Å². The minimum absolute atomic E-state index is 0.0308. The van der Waals surface area contributed by atoms with Crippen LogP contribution in [0.25, 0.3) is 0 Å². The minimum Gasteiger partial charge on any atom is -0.316 e. The molecule has 1 amide bonds. The monoisotopic (exact) mass is 273 g/mol. The molecule has 0 fully saturated rings. The number of aryl methyl sites for hydroxylation is 2. The Morgan fingerprint density at radius 1 is 1.53 bits per heavy atom. The van der Waals surface area contributed by atoms with Crippen LogP contribution in [0.1, 0.15) is 35.7 Å². The van der Waals surface area contributed by atoms with Gasteiger partial charge < -0.3 is 5.32 Å². The number of aromatic nitrogens is 2. The lowest BCUT2D eigenvalue weighted by Crippen LogP contribution is -2.25. The number of nitrogens with zero attached hydrogens (tertiary/aromatic N) is 2. The van der Waals surface area contributed by atoms with Crippen LogP contribution in [0.2, 0.25) is 0 Å². The summed E-state index contributed by atoms with van der Waals surface area (Å²) < 4.78 is 4.17. The molecule has 0 bridgehead atoms. The molecule has 0 spiro atoms. The number of rotatable bonds is 2. The summed E-state index contributed by atoms with van der Waals surface area (Å²) in [6.07, 6.45) is 4.69. The fraction of sp³-hybridized carbons (Fsp3) is 0.357. The van der Waals surface area contributed by atoms with Gasteiger partial charge in [0.15, 0.2) is 0 Å². The predicted octanol–water partition coefficient (Wildman–Crippen LogP) is 2.91. The largest absolute Gasteiger partial charge is 0.316 e. The molecule has 4 nitrogen and oxygen atoms in total. The van der Waals surface area contributed by atoms with E-state index >= 15 is 0 Å². The van der Waals surface area contributed by atoms with E-state index in [0.717, 1.165) is 35.7 Å². The summed E-state index contributed by atoms with van der Waals surface area (Å²) in [5, 5.41) is 3.76. The molecule has 2 aromatic heterocycles. The van der Waals surface area contributed by atoms with Gasteiger partial charge in [-0.25, -0.2) is 0 Å². The molecular weight excluding hydrogens is 258 g/mol. The Balaban J connectivity index is 1.81. The topological polar surface area (TPSA) is 54.9 Å². The lowest BCUT2D eigenvalue weighted by molar-refractivity contribution is -0.117. The number of carbonyl (C=O) groups is 1. The summed E-state index contributed by atoms with van der Waals surface area (Å²) in [6.45, 7) is 1.92. The van der Waals surface area contributed by atoms with Crippen molar-refractivity contribution in [2.24, 2.45) is 0 Å². The normalized spacial score (nSPS) is 17.8. The van der Waals surface area contributed by atoms with Crippen LogP contribution in [0.3, 0.4) is 0 Å². The van der Waals surface area contributed by atoms with Crippen LogP contribution >= 0.6 is 11.5 Å². The quantitative estimate of drug-likeness (QED) is 0.915. The molecular formula is C14H15N3OS. The van der Waals surface area contributed by atoms with E-state index in [1.54, 1.807) is 6.20 Å². The molecule has 3 rings (SSSR count). The number of carbonyl (C=O) groups excluding carboxylic acids is 1. The molecule has 19 heavy (non-hydrogen) atoms. The van der Waals surface area contributed by atoms with Gasteiger partial charge in [0, 0.05) is 6.20 Å². The standard InChI is InChI=1S/C14H15N3OS/c1-9-8-12(19-17-9)16-14(18)11-6-2-4-10-5-3-7-15-13(10)11/h3,5,7-8,11H,2,4,6H2,1H3,(H,16,18). The van der Waals surface area contributed by atoms with Crippen LogP contribution in [0.5, 0.6) is 0 Å². The maximum atomic E-state index is 12.4. The van der Waals surface area contributed by atoms with Crippen LogP contribution in [-0.4, -0.2) is 15.3 Å². The van der Waals surface area contributed by atoms with E-state index in [9.17, 15) is 4.79 Å². The van der Waals surface area contributed by atoms with Gasteiger partial charge in [0.05, 0.1) is 17.3 Å². The van der Waals surface area contributed by atoms with Crippen molar-refractivity contribution < 1.29 is 4.79 Å². The van der Waals surface area contributed by atoms with Gasteiger partial charge in [0.2, 0.25) is 5.91 Å². The second kappa shape index (κ2) is 5.09. The molecule has 0 saturated heterocycles. The second-order valence-electron chi connectivity index (χ2n) is 4.81. The Bertz CT molecular complexity index is 608. The maximum Gasteiger partial charge on any atom is 0.234 e. The summed E-state index contributed by atoms with van der Waals surface area (Å²) in [6, 6.07) is 5.90. The van der Waals surface area contributed by atoms with Gasteiger partial charge in [0.25, 0.3) is 0 Å². The van der Waals surface area contributed by atoms with E-state index in [2.05, 4.69) is 20.7 Å². The first-order valence-electron chi connectivity index (χ1n) is 6.42. The predicted molar refractivity (Wildman–Crippen MR) is 75.4 cm³/mol. The van der Waals surface area contributed by atoms with E-state index < -0.39 is 0 Å². The number of amides is 1. The summed E-state index contributed by atoms with van der Waals surface area (Å²) in [5.74, 6) is -0.101. The molecule has 1 atom stereocenters. The SMILES string of the molecule is Cc1cc(NC(=O)C2CCCc3cccnc32)sn1. The van der Waals surface area contributed by atoms with E-state index in [-0.39, 0.29) is 11.8 Å². The van der Waals surface area contributed by atoms with Crippen LogP contribution < -0.4 is 5.32 Å². The van der Waals surface area contributed by atoms with Crippen molar-refractivity contribution in [2.45, 2.75) is 32.1 Å². The third kappa shape index (κ3) is 2.51. The lowest BCUT2D eigenvalue weighted by atomic mass is 9.86. The Morgan fingerprint density at radius 3 is 3.21 bits per heavy atom. The first-order chi connectivity index (χ1) is 9.24. The third-order valence-electron chi connectivity index (χ3n) is 3.39. The van der Waals surface area contributed by atoms with Crippen LogP contribution in [-0.2, 0) is 11.2 Å². The van der Waals surface area contributed by atoms with Crippen molar-refractivity contribution in [3.05, 3.63) is 41.3 Å². The Hall–Kier alpha value is -1.75. The molecule has 1 aliphatic carbocycles. The molecule has 0 radical (unpaired) electrons.